The second-order valence-corrected chi connectivity index (χ2v) is 6.21. The summed E-state index contributed by atoms with van der Waals surface area (Å²) in [7, 11) is 1.50. The van der Waals surface area contributed by atoms with E-state index in [4.69, 9.17) is 4.98 Å². The minimum atomic E-state index is -0.359. The summed E-state index contributed by atoms with van der Waals surface area (Å²) >= 11 is 0. The first-order chi connectivity index (χ1) is 12.6. The molecule has 0 radical (unpaired) electrons. The lowest BCUT2D eigenvalue weighted by atomic mass is 10.4. The summed E-state index contributed by atoms with van der Waals surface area (Å²) in [6.07, 6.45) is 2.37. The molecule has 138 valence electrons. The highest BCUT2D eigenvalue weighted by Crippen LogP contribution is 2.20. The van der Waals surface area contributed by atoms with Crippen molar-refractivity contribution in [1.29, 1.82) is 0 Å². The third-order valence-corrected chi connectivity index (χ3v) is 4.58. The number of hydrogen-bond donors (Lipinski definition) is 1. The highest BCUT2D eigenvalue weighted by Gasteiger charge is 2.23. The first kappa shape index (κ1) is 18.0. The predicted molar refractivity (Wildman–Crippen MR) is 103 cm³/mol. The fourth-order valence-electron chi connectivity index (χ4n) is 3.18. The van der Waals surface area contributed by atoms with Crippen LogP contribution in [0, 0.1) is 11.8 Å². The Bertz CT molecular complexity index is 995. The zero-order valence-electron chi connectivity index (χ0n) is 15.3. The number of nitrogens with one attached hydrogen (secondary N) is 1. The molecule has 1 saturated heterocycles. The Morgan fingerprint density at radius 1 is 1.27 bits per heavy atom. The molecule has 8 heteroatoms. The number of rotatable bonds is 5. The van der Waals surface area contributed by atoms with E-state index < -0.39 is 0 Å². The van der Waals surface area contributed by atoms with Crippen molar-refractivity contribution >= 4 is 17.1 Å². The third kappa shape index (κ3) is 3.06. The SMILES string of the molecule is C=CCCn1c(=O)n(C)c(=O)c2c1nc(N1CCNCC1)n2CC#CC. The molecule has 0 aromatic carbocycles. The van der Waals surface area contributed by atoms with Gasteiger partial charge in [0.1, 0.15) is 0 Å². The van der Waals surface area contributed by atoms with Gasteiger partial charge in [-0.25, -0.2) is 4.79 Å². The fraction of sp³-hybridized carbons (Fsp3) is 0.500. The van der Waals surface area contributed by atoms with E-state index in [0.29, 0.717) is 36.6 Å². The molecule has 26 heavy (non-hydrogen) atoms. The van der Waals surface area contributed by atoms with E-state index in [1.54, 1.807) is 17.6 Å². The van der Waals surface area contributed by atoms with Gasteiger partial charge in [-0.1, -0.05) is 12.0 Å². The summed E-state index contributed by atoms with van der Waals surface area (Å²) < 4.78 is 4.54. The Kier molecular flexibility index (Phi) is 5.28. The van der Waals surface area contributed by atoms with Gasteiger partial charge < -0.3 is 10.2 Å². The first-order valence-corrected chi connectivity index (χ1v) is 8.76. The minimum absolute atomic E-state index is 0.341. The van der Waals surface area contributed by atoms with E-state index in [-0.39, 0.29) is 11.2 Å². The van der Waals surface area contributed by atoms with Crippen LogP contribution in [0.25, 0.3) is 11.2 Å². The predicted octanol–water partition coefficient (Wildman–Crippen LogP) is -0.0943. The lowest BCUT2D eigenvalue weighted by Crippen LogP contribution is -2.44. The molecule has 0 atom stereocenters. The van der Waals surface area contributed by atoms with Crippen LogP contribution in [0.5, 0.6) is 0 Å². The molecule has 2 aromatic heterocycles. The average Bonchev–Trinajstić information content (AvgIpc) is 3.04. The van der Waals surface area contributed by atoms with Crippen molar-refractivity contribution in [1.82, 2.24) is 24.0 Å². The molecular formula is C18H24N6O2. The number of allylic oxidation sites excluding steroid dienone is 1. The maximum absolute atomic E-state index is 12.8. The summed E-state index contributed by atoms with van der Waals surface area (Å²) in [5, 5.41) is 3.31. The topological polar surface area (TPSA) is 77.1 Å². The molecular weight excluding hydrogens is 332 g/mol. The number of fused-ring (bicyclic) bond motifs is 1. The summed E-state index contributed by atoms with van der Waals surface area (Å²) in [6, 6.07) is 0. The van der Waals surface area contributed by atoms with Crippen molar-refractivity contribution in [3.63, 3.8) is 0 Å². The van der Waals surface area contributed by atoms with Crippen molar-refractivity contribution in [2.75, 3.05) is 31.1 Å². The van der Waals surface area contributed by atoms with Crippen LogP contribution < -0.4 is 21.5 Å². The standard InChI is InChI=1S/C18H24N6O2/c1-4-6-10-23-14-15(20-17(23)22-12-8-19-9-13-22)24(11-7-5-2)18(26)21(3)16(14)25/h5,19H,2,7-13H2,1,3H3. The Hall–Kier alpha value is -2.79. The summed E-state index contributed by atoms with van der Waals surface area (Å²) in [5.41, 5.74) is 0.146. The summed E-state index contributed by atoms with van der Waals surface area (Å²) in [4.78, 5) is 32.3. The summed E-state index contributed by atoms with van der Waals surface area (Å²) in [5.74, 6) is 6.59. The van der Waals surface area contributed by atoms with E-state index in [1.165, 1.54) is 7.05 Å². The average molecular weight is 356 g/mol. The van der Waals surface area contributed by atoms with Crippen molar-refractivity contribution in [2.24, 2.45) is 7.05 Å². The monoisotopic (exact) mass is 356 g/mol. The van der Waals surface area contributed by atoms with Gasteiger partial charge in [0.05, 0.1) is 6.54 Å². The Balaban J connectivity index is 2.31. The van der Waals surface area contributed by atoms with Crippen LogP contribution in [0.1, 0.15) is 13.3 Å². The molecule has 0 amide bonds. The Morgan fingerprint density at radius 3 is 2.65 bits per heavy atom. The molecule has 3 heterocycles. The van der Waals surface area contributed by atoms with Gasteiger partial charge in [0.25, 0.3) is 5.56 Å². The normalized spacial score (nSPS) is 14.3. The molecule has 1 aliphatic rings. The number of anilines is 1. The van der Waals surface area contributed by atoms with E-state index in [0.717, 1.165) is 30.7 Å². The molecule has 1 aliphatic heterocycles. The van der Waals surface area contributed by atoms with Crippen LogP contribution in [0.4, 0.5) is 5.95 Å². The zero-order valence-corrected chi connectivity index (χ0v) is 15.3. The fourth-order valence-corrected chi connectivity index (χ4v) is 3.18. The molecule has 0 unspecified atom stereocenters. The molecule has 3 rings (SSSR count). The molecule has 0 spiro atoms. The Labute approximate surface area is 151 Å². The van der Waals surface area contributed by atoms with Crippen LogP contribution in [-0.4, -0.2) is 44.9 Å². The van der Waals surface area contributed by atoms with E-state index in [1.807, 2.05) is 4.57 Å². The van der Waals surface area contributed by atoms with Gasteiger partial charge >= 0.3 is 5.69 Å². The van der Waals surface area contributed by atoms with Crippen LogP contribution in [-0.2, 0) is 20.1 Å². The van der Waals surface area contributed by atoms with Crippen LogP contribution >= 0.6 is 0 Å². The van der Waals surface area contributed by atoms with Gasteiger partial charge in [0.2, 0.25) is 5.95 Å². The quantitative estimate of drug-likeness (QED) is 0.598. The number of piperazine rings is 1. The Morgan fingerprint density at radius 2 is 2.00 bits per heavy atom. The number of nitrogens with zero attached hydrogens (tertiary/aromatic N) is 5. The van der Waals surface area contributed by atoms with Gasteiger partial charge in [-0.3, -0.25) is 18.5 Å². The van der Waals surface area contributed by atoms with Crippen molar-refractivity contribution in [3.05, 3.63) is 33.5 Å². The summed E-state index contributed by atoms with van der Waals surface area (Å²) in [6.45, 7) is 9.57. The van der Waals surface area contributed by atoms with E-state index in [2.05, 4.69) is 28.6 Å². The van der Waals surface area contributed by atoms with Gasteiger partial charge in [-0.2, -0.15) is 4.98 Å². The maximum atomic E-state index is 12.8. The van der Waals surface area contributed by atoms with Crippen LogP contribution in [0.15, 0.2) is 22.2 Å². The van der Waals surface area contributed by atoms with Crippen LogP contribution in [0.3, 0.4) is 0 Å². The van der Waals surface area contributed by atoms with Crippen molar-refractivity contribution in [3.8, 4) is 11.8 Å². The largest absolute Gasteiger partial charge is 0.340 e. The highest BCUT2D eigenvalue weighted by molar-refractivity contribution is 5.75. The van der Waals surface area contributed by atoms with Gasteiger partial charge in [-0.05, 0) is 13.3 Å². The van der Waals surface area contributed by atoms with Crippen LogP contribution in [0.2, 0.25) is 0 Å². The van der Waals surface area contributed by atoms with Gasteiger partial charge in [0, 0.05) is 39.8 Å². The molecule has 8 nitrogen and oxygen atoms in total. The molecule has 1 fully saturated rings. The molecule has 0 bridgehead atoms. The maximum Gasteiger partial charge on any atom is 0.332 e. The second-order valence-electron chi connectivity index (χ2n) is 6.21. The lowest BCUT2D eigenvalue weighted by molar-refractivity contribution is 0.572. The number of aromatic nitrogens is 4. The smallest absolute Gasteiger partial charge is 0.332 e. The van der Waals surface area contributed by atoms with Crippen molar-refractivity contribution < 1.29 is 0 Å². The first-order valence-electron chi connectivity index (χ1n) is 8.76. The molecule has 0 saturated carbocycles. The van der Waals surface area contributed by atoms with E-state index in [9.17, 15) is 9.59 Å². The van der Waals surface area contributed by atoms with Gasteiger partial charge in [0.15, 0.2) is 11.2 Å². The molecule has 2 aromatic rings. The second kappa shape index (κ2) is 7.62. The molecule has 0 aliphatic carbocycles. The third-order valence-electron chi connectivity index (χ3n) is 4.58. The molecule has 1 N–H and O–H groups in total. The highest BCUT2D eigenvalue weighted by atomic mass is 16.2. The number of hydrogen-bond acceptors (Lipinski definition) is 5. The number of aryl methyl sites for hydroxylation is 1. The van der Waals surface area contributed by atoms with E-state index >= 15 is 0 Å². The lowest BCUT2D eigenvalue weighted by Gasteiger charge is -2.28. The zero-order chi connectivity index (χ0) is 18.7. The number of imidazole rings is 1. The minimum Gasteiger partial charge on any atom is -0.340 e. The van der Waals surface area contributed by atoms with Gasteiger partial charge in [-0.15, -0.1) is 12.5 Å². The van der Waals surface area contributed by atoms with Crippen molar-refractivity contribution in [2.45, 2.75) is 26.4 Å².